The SMILES string of the molecule is COC[C@H](C)NC(=O)Nc1ccc(C)c(Cl)c1. The first-order valence-corrected chi connectivity index (χ1v) is 5.73. The van der Waals surface area contributed by atoms with Crippen molar-refractivity contribution in [3.8, 4) is 0 Å². The van der Waals surface area contributed by atoms with Gasteiger partial charge in [-0.1, -0.05) is 17.7 Å². The number of halogens is 1. The van der Waals surface area contributed by atoms with E-state index >= 15 is 0 Å². The highest BCUT2D eigenvalue weighted by Gasteiger charge is 2.07. The molecule has 0 aliphatic carbocycles. The number of ether oxygens (including phenoxy) is 1. The highest BCUT2D eigenvalue weighted by molar-refractivity contribution is 6.31. The molecule has 0 aliphatic heterocycles. The Morgan fingerprint density at radius 1 is 1.53 bits per heavy atom. The summed E-state index contributed by atoms with van der Waals surface area (Å²) in [6, 6.07) is 5.07. The van der Waals surface area contributed by atoms with E-state index < -0.39 is 0 Å². The predicted octanol–water partition coefficient (Wildman–Crippen LogP) is 2.80. The molecule has 0 spiro atoms. The molecule has 0 fully saturated rings. The first kappa shape index (κ1) is 13.8. The molecule has 1 atom stereocenters. The highest BCUT2D eigenvalue weighted by Crippen LogP contribution is 2.19. The number of carbonyl (C=O) groups excluding carboxylic acids is 1. The number of carbonyl (C=O) groups is 1. The van der Waals surface area contributed by atoms with E-state index in [4.69, 9.17) is 16.3 Å². The number of anilines is 1. The second-order valence-corrected chi connectivity index (χ2v) is 4.33. The Kier molecular flexibility index (Phi) is 5.25. The molecule has 2 amide bonds. The Labute approximate surface area is 106 Å². The first-order chi connectivity index (χ1) is 8.02. The number of amides is 2. The Morgan fingerprint density at radius 3 is 2.82 bits per heavy atom. The van der Waals surface area contributed by atoms with Gasteiger partial charge in [-0.15, -0.1) is 0 Å². The van der Waals surface area contributed by atoms with Crippen LogP contribution >= 0.6 is 11.6 Å². The molecule has 4 nitrogen and oxygen atoms in total. The maximum atomic E-state index is 11.6. The predicted molar refractivity (Wildman–Crippen MR) is 69.7 cm³/mol. The van der Waals surface area contributed by atoms with Crippen LogP contribution in [-0.4, -0.2) is 25.8 Å². The lowest BCUT2D eigenvalue weighted by Gasteiger charge is -2.13. The van der Waals surface area contributed by atoms with Crippen molar-refractivity contribution in [3.05, 3.63) is 28.8 Å². The van der Waals surface area contributed by atoms with Crippen molar-refractivity contribution in [1.29, 1.82) is 0 Å². The second kappa shape index (κ2) is 6.47. The number of hydrogen-bond donors (Lipinski definition) is 2. The summed E-state index contributed by atoms with van der Waals surface area (Å²) >= 11 is 5.96. The van der Waals surface area contributed by atoms with Gasteiger partial charge in [0, 0.05) is 17.8 Å². The van der Waals surface area contributed by atoms with Gasteiger partial charge in [-0.05, 0) is 31.5 Å². The summed E-state index contributed by atoms with van der Waals surface area (Å²) in [5.74, 6) is 0. The molecular formula is C12H17ClN2O2. The van der Waals surface area contributed by atoms with Crippen LogP contribution < -0.4 is 10.6 Å². The summed E-state index contributed by atoms with van der Waals surface area (Å²) < 4.78 is 4.93. The van der Waals surface area contributed by atoms with Gasteiger partial charge in [-0.2, -0.15) is 0 Å². The van der Waals surface area contributed by atoms with E-state index in [1.165, 1.54) is 0 Å². The number of benzene rings is 1. The van der Waals surface area contributed by atoms with Gasteiger partial charge in [0.25, 0.3) is 0 Å². The van der Waals surface area contributed by atoms with Gasteiger partial charge >= 0.3 is 6.03 Å². The summed E-state index contributed by atoms with van der Waals surface area (Å²) in [6.07, 6.45) is 0. The Balaban J connectivity index is 2.53. The molecular weight excluding hydrogens is 240 g/mol. The maximum Gasteiger partial charge on any atom is 0.319 e. The van der Waals surface area contributed by atoms with E-state index in [1.807, 2.05) is 26.0 Å². The molecule has 2 N–H and O–H groups in total. The molecule has 1 aromatic rings. The fourth-order valence-corrected chi connectivity index (χ4v) is 1.53. The summed E-state index contributed by atoms with van der Waals surface area (Å²) in [5.41, 5.74) is 1.65. The molecule has 5 heteroatoms. The zero-order chi connectivity index (χ0) is 12.8. The molecule has 1 rings (SSSR count). The van der Waals surface area contributed by atoms with Gasteiger partial charge in [-0.25, -0.2) is 4.79 Å². The molecule has 0 heterocycles. The number of hydrogen-bond acceptors (Lipinski definition) is 2. The second-order valence-electron chi connectivity index (χ2n) is 3.92. The normalized spacial score (nSPS) is 12.0. The molecule has 0 radical (unpaired) electrons. The van der Waals surface area contributed by atoms with Crippen LogP contribution in [0.5, 0.6) is 0 Å². The van der Waals surface area contributed by atoms with Gasteiger partial charge in [0.15, 0.2) is 0 Å². The summed E-state index contributed by atoms with van der Waals surface area (Å²) in [7, 11) is 1.59. The largest absolute Gasteiger partial charge is 0.383 e. The van der Waals surface area contributed by atoms with Crippen LogP contribution in [0.4, 0.5) is 10.5 Å². The maximum absolute atomic E-state index is 11.6. The van der Waals surface area contributed by atoms with Crippen LogP contribution in [0.2, 0.25) is 5.02 Å². The van der Waals surface area contributed by atoms with E-state index in [9.17, 15) is 4.79 Å². The highest BCUT2D eigenvalue weighted by atomic mass is 35.5. The van der Waals surface area contributed by atoms with Gasteiger partial charge in [0.2, 0.25) is 0 Å². The van der Waals surface area contributed by atoms with Crippen molar-refractivity contribution in [2.24, 2.45) is 0 Å². The zero-order valence-corrected chi connectivity index (χ0v) is 11.0. The van der Waals surface area contributed by atoms with E-state index in [1.54, 1.807) is 13.2 Å². The number of urea groups is 1. The first-order valence-electron chi connectivity index (χ1n) is 5.35. The quantitative estimate of drug-likeness (QED) is 0.870. The van der Waals surface area contributed by atoms with Crippen molar-refractivity contribution in [3.63, 3.8) is 0 Å². The molecule has 0 unspecified atom stereocenters. The van der Waals surface area contributed by atoms with Crippen molar-refractivity contribution >= 4 is 23.3 Å². The zero-order valence-electron chi connectivity index (χ0n) is 10.2. The van der Waals surface area contributed by atoms with Crippen LogP contribution in [0.25, 0.3) is 0 Å². The molecule has 0 aromatic heterocycles. The molecule has 0 aliphatic rings. The minimum atomic E-state index is -0.269. The van der Waals surface area contributed by atoms with Gasteiger partial charge in [-0.3, -0.25) is 0 Å². The van der Waals surface area contributed by atoms with Crippen LogP contribution in [0, 0.1) is 6.92 Å². The number of nitrogens with one attached hydrogen (secondary N) is 2. The number of methoxy groups -OCH3 is 1. The molecule has 1 aromatic carbocycles. The lowest BCUT2D eigenvalue weighted by molar-refractivity contribution is 0.173. The van der Waals surface area contributed by atoms with Crippen LogP contribution in [0.1, 0.15) is 12.5 Å². The van der Waals surface area contributed by atoms with Gasteiger partial charge < -0.3 is 15.4 Å². The fourth-order valence-electron chi connectivity index (χ4n) is 1.35. The topological polar surface area (TPSA) is 50.4 Å². The third kappa shape index (κ3) is 4.63. The Morgan fingerprint density at radius 2 is 2.24 bits per heavy atom. The molecule has 0 bridgehead atoms. The lowest BCUT2D eigenvalue weighted by Crippen LogP contribution is -2.38. The number of aryl methyl sites for hydroxylation is 1. The van der Waals surface area contributed by atoms with Gasteiger partial charge in [0.05, 0.1) is 12.6 Å². The summed E-state index contributed by atoms with van der Waals surface area (Å²) in [5, 5.41) is 6.09. The minimum Gasteiger partial charge on any atom is -0.383 e. The number of rotatable bonds is 4. The van der Waals surface area contributed by atoms with Crippen molar-refractivity contribution in [2.75, 3.05) is 19.0 Å². The van der Waals surface area contributed by atoms with Crippen LogP contribution in [0.3, 0.4) is 0 Å². The van der Waals surface area contributed by atoms with E-state index in [2.05, 4.69) is 10.6 Å². The van der Waals surface area contributed by atoms with Crippen LogP contribution in [-0.2, 0) is 4.74 Å². The van der Waals surface area contributed by atoms with Gasteiger partial charge in [0.1, 0.15) is 0 Å². The third-order valence-corrected chi connectivity index (χ3v) is 2.63. The third-order valence-electron chi connectivity index (χ3n) is 2.22. The molecule has 17 heavy (non-hydrogen) atoms. The molecule has 94 valence electrons. The lowest BCUT2D eigenvalue weighted by atomic mass is 10.2. The average molecular weight is 257 g/mol. The Hall–Kier alpha value is -1.26. The fraction of sp³-hybridized carbons (Fsp3) is 0.417. The average Bonchev–Trinajstić information content (AvgIpc) is 2.23. The monoisotopic (exact) mass is 256 g/mol. The minimum absolute atomic E-state index is 0.0408. The van der Waals surface area contributed by atoms with E-state index in [0.717, 1.165) is 5.56 Å². The van der Waals surface area contributed by atoms with Crippen molar-refractivity contribution < 1.29 is 9.53 Å². The van der Waals surface area contributed by atoms with E-state index in [-0.39, 0.29) is 12.1 Å². The van der Waals surface area contributed by atoms with Crippen LogP contribution in [0.15, 0.2) is 18.2 Å². The summed E-state index contributed by atoms with van der Waals surface area (Å²) in [6.45, 7) is 4.25. The Bertz CT molecular complexity index is 396. The standard InChI is InChI=1S/C12H17ClN2O2/c1-8-4-5-10(6-11(8)13)15-12(16)14-9(2)7-17-3/h4-6,9H,7H2,1-3H3,(H2,14,15,16)/t9-/m0/s1. The van der Waals surface area contributed by atoms with Crippen molar-refractivity contribution in [2.45, 2.75) is 19.9 Å². The molecule has 0 saturated heterocycles. The smallest absolute Gasteiger partial charge is 0.319 e. The summed E-state index contributed by atoms with van der Waals surface area (Å²) in [4.78, 5) is 11.6. The van der Waals surface area contributed by atoms with E-state index in [0.29, 0.717) is 17.3 Å². The van der Waals surface area contributed by atoms with Crippen molar-refractivity contribution in [1.82, 2.24) is 5.32 Å². The molecule has 0 saturated carbocycles.